The maximum absolute atomic E-state index is 14.7. The second kappa shape index (κ2) is 8.45. The van der Waals surface area contributed by atoms with Crippen molar-refractivity contribution in [3.8, 4) is 0 Å². The molecule has 4 aromatic carbocycles. The smallest absolute Gasteiger partial charge is 0.192 e. The van der Waals surface area contributed by atoms with Gasteiger partial charge >= 0.3 is 0 Å². The van der Waals surface area contributed by atoms with Crippen LogP contribution in [0.15, 0.2) is 112 Å². The largest absolute Gasteiger partial charge is 0.376 e. The molecule has 6 heteroatoms. The first-order valence-corrected chi connectivity index (χ1v) is 13.9. The first-order chi connectivity index (χ1) is 18.4. The lowest BCUT2D eigenvalue weighted by molar-refractivity contribution is 0.0583. The lowest BCUT2D eigenvalue weighted by Gasteiger charge is -2.46. The van der Waals surface area contributed by atoms with E-state index in [-0.39, 0.29) is 17.3 Å². The molecule has 7 rings (SSSR count). The van der Waals surface area contributed by atoms with Crippen LogP contribution in [0.5, 0.6) is 0 Å². The van der Waals surface area contributed by atoms with Gasteiger partial charge < -0.3 is 5.32 Å². The van der Waals surface area contributed by atoms with Crippen molar-refractivity contribution in [3.63, 3.8) is 0 Å². The third-order valence-electron chi connectivity index (χ3n) is 7.97. The Hall–Kier alpha value is -3.61. The van der Waals surface area contributed by atoms with Gasteiger partial charge in [-0.25, -0.2) is 0 Å². The summed E-state index contributed by atoms with van der Waals surface area (Å²) in [5.74, 6) is -1.49. The van der Waals surface area contributed by atoms with Gasteiger partial charge in [0.05, 0.1) is 11.7 Å². The molecule has 0 radical (unpaired) electrons. The summed E-state index contributed by atoms with van der Waals surface area (Å²) in [5, 5.41) is 3.57. The first-order valence-electron chi connectivity index (χ1n) is 12.3. The van der Waals surface area contributed by atoms with E-state index in [1.807, 2.05) is 72.8 Å². The van der Waals surface area contributed by atoms with Crippen molar-refractivity contribution in [2.45, 2.75) is 12.0 Å². The Kier molecular flexibility index (Phi) is 5.23. The molecule has 38 heavy (non-hydrogen) atoms. The van der Waals surface area contributed by atoms with E-state index in [1.54, 1.807) is 24.3 Å². The number of Topliss-reactive ketones (excluding diaryl/α,β-unsaturated/α-hetero) is 3. The average molecular weight is 625 g/mol. The molecule has 0 amide bonds. The highest BCUT2D eigenvalue weighted by Crippen LogP contribution is 2.62. The maximum Gasteiger partial charge on any atom is 0.192 e. The number of allylic oxidation sites excluding steroid dienone is 1. The van der Waals surface area contributed by atoms with Crippen LogP contribution >= 0.6 is 31.9 Å². The van der Waals surface area contributed by atoms with E-state index in [0.29, 0.717) is 28.0 Å². The van der Waals surface area contributed by atoms with Gasteiger partial charge in [0.15, 0.2) is 17.3 Å². The highest BCUT2D eigenvalue weighted by atomic mass is 79.9. The second-order valence-electron chi connectivity index (χ2n) is 9.86. The van der Waals surface area contributed by atoms with Crippen LogP contribution in [0.4, 0.5) is 0 Å². The number of carbonyl (C=O) groups excluding carboxylic acids is 3. The normalized spacial score (nSPS) is 20.8. The van der Waals surface area contributed by atoms with Crippen molar-refractivity contribution >= 4 is 54.9 Å². The lowest BCUT2D eigenvalue weighted by Crippen LogP contribution is -2.53. The van der Waals surface area contributed by atoms with E-state index in [4.69, 9.17) is 0 Å². The summed E-state index contributed by atoms with van der Waals surface area (Å²) >= 11 is 7.15. The molecule has 3 aliphatic rings. The van der Waals surface area contributed by atoms with E-state index in [2.05, 4.69) is 37.2 Å². The van der Waals surface area contributed by atoms with Gasteiger partial charge in [-0.15, -0.1) is 0 Å². The fraction of sp³-hybridized carbons (Fsp3) is 0.0938. The quantitative estimate of drug-likeness (QED) is 0.238. The minimum absolute atomic E-state index is 0.156. The van der Waals surface area contributed by atoms with Gasteiger partial charge in [-0.05, 0) is 35.4 Å². The van der Waals surface area contributed by atoms with E-state index < -0.39 is 17.4 Å². The number of hydrogen-bond donors (Lipinski definition) is 1. The number of halogens is 2. The predicted molar refractivity (Wildman–Crippen MR) is 152 cm³/mol. The molecule has 2 unspecified atom stereocenters. The van der Waals surface area contributed by atoms with Crippen LogP contribution in [0, 0.1) is 5.41 Å². The van der Waals surface area contributed by atoms with E-state index in [0.717, 1.165) is 25.6 Å². The molecule has 184 valence electrons. The van der Waals surface area contributed by atoms with Gasteiger partial charge in [-0.3, -0.25) is 14.4 Å². The van der Waals surface area contributed by atoms with Crippen molar-refractivity contribution in [1.29, 1.82) is 0 Å². The van der Waals surface area contributed by atoms with Crippen LogP contribution in [-0.4, -0.2) is 17.3 Å². The van der Waals surface area contributed by atoms with Crippen LogP contribution in [0.25, 0.3) is 5.70 Å². The minimum Gasteiger partial charge on any atom is -0.376 e. The Balaban J connectivity index is 1.61. The van der Waals surface area contributed by atoms with E-state index in [9.17, 15) is 14.4 Å². The van der Waals surface area contributed by atoms with Crippen LogP contribution in [0.2, 0.25) is 0 Å². The Morgan fingerprint density at radius 3 is 1.74 bits per heavy atom. The first kappa shape index (κ1) is 23.5. The van der Waals surface area contributed by atoms with Crippen LogP contribution < -0.4 is 5.32 Å². The van der Waals surface area contributed by atoms with Crippen LogP contribution in [-0.2, 0) is 0 Å². The monoisotopic (exact) mass is 623 g/mol. The van der Waals surface area contributed by atoms with Crippen LogP contribution in [0.3, 0.4) is 0 Å². The molecule has 1 aliphatic heterocycles. The van der Waals surface area contributed by atoms with Crippen molar-refractivity contribution < 1.29 is 14.4 Å². The molecular weight excluding hydrogens is 606 g/mol. The lowest BCUT2D eigenvalue weighted by atomic mass is 9.58. The van der Waals surface area contributed by atoms with Crippen molar-refractivity contribution in [1.82, 2.24) is 5.32 Å². The predicted octanol–water partition coefficient (Wildman–Crippen LogP) is 7.31. The topological polar surface area (TPSA) is 63.2 Å². The van der Waals surface area contributed by atoms with Crippen molar-refractivity contribution in [3.05, 3.63) is 145 Å². The molecule has 0 fully saturated rings. The number of carbonyl (C=O) groups is 3. The zero-order valence-electron chi connectivity index (χ0n) is 19.9. The highest BCUT2D eigenvalue weighted by molar-refractivity contribution is 9.10. The molecule has 0 saturated carbocycles. The zero-order valence-corrected chi connectivity index (χ0v) is 23.0. The Morgan fingerprint density at radius 1 is 0.605 bits per heavy atom. The van der Waals surface area contributed by atoms with Gasteiger partial charge in [0.1, 0.15) is 5.41 Å². The maximum atomic E-state index is 14.7. The zero-order chi connectivity index (χ0) is 26.2. The second-order valence-corrected chi connectivity index (χ2v) is 11.7. The molecule has 4 nitrogen and oxygen atoms in total. The Bertz CT molecular complexity index is 1720. The SMILES string of the molecule is O=C1C2=C(NC(c3cccc(Br)c3)C3(C(=O)c4ccccc4C3=O)C2c2cccc(Br)c2)c2ccccc21. The standard InChI is InChI=1S/C32H19Br2NO3/c33-19-9-5-7-17(15-19)26-25-27(21-11-1-2-12-22(21)28(25)36)35-29(18-8-6-10-20(34)16-18)32(26)30(37)23-13-3-4-14-24(23)31(32)38/h1-16,26,29,35H. The van der Waals surface area contributed by atoms with Gasteiger partial charge in [0.25, 0.3) is 0 Å². The molecule has 2 aliphatic carbocycles. The molecular formula is C32H19Br2NO3. The number of ketones is 3. The molecule has 1 N–H and O–H groups in total. The average Bonchev–Trinajstić information content (AvgIpc) is 3.33. The van der Waals surface area contributed by atoms with Gasteiger partial charge in [-0.2, -0.15) is 0 Å². The highest BCUT2D eigenvalue weighted by Gasteiger charge is 2.67. The van der Waals surface area contributed by atoms with Crippen LogP contribution in [0.1, 0.15) is 59.7 Å². The van der Waals surface area contributed by atoms with Crippen molar-refractivity contribution in [2.24, 2.45) is 5.41 Å². The minimum atomic E-state index is -1.60. The number of nitrogens with one attached hydrogen (secondary N) is 1. The third kappa shape index (κ3) is 3.04. The molecule has 2 atom stereocenters. The summed E-state index contributed by atoms with van der Waals surface area (Å²) in [7, 11) is 0. The third-order valence-corrected chi connectivity index (χ3v) is 8.96. The molecule has 0 bridgehead atoms. The summed E-state index contributed by atoms with van der Waals surface area (Å²) in [6.45, 7) is 0. The number of hydrogen-bond acceptors (Lipinski definition) is 4. The molecule has 1 spiro atoms. The Labute approximate surface area is 236 Å². The number of rotatable bonds is 2. The van der Waals surface area contributed by atoms with Gasteiger partial charge in [0, 0.05) is 42.7 Å². The van der Waals surface area contributed by atoms with Gasteiger partial charge in [-0.1, -0.05) is 105 Å². The Morgan fingerprint density at radius 2 is 1.13 bits per heavy atom. The number of benzene rings is 4. The molecule has 0 aromatic heterocycles. The summed E-state index contributed by atoms with van der Waals surface area (Å²) in [4.78, 5) is 43.4. The fourth-order valence-corrected chi connectivity index (χ4v) is 7.32. The summed E-state index contributed by atoms with van der Waals surface area (Å²) in [6, 6.07) is 29.0. The van der Waals surface area contributed by atoms with Crippen molar-refractivity contribution in [2.75, 3.05) is 0 Å². The van der Waals surface area contributed by atoms with E-state index >= 15 is 0 Å². The van der Waals surface area contributed by atoms with Gasteiger partial charge in [0.2, 0.25) is 0 Å². The summed E-state index contributed by atoms with van der Waals surface area (Å²) in [5.41, 5.74) is 3.23. The number of fused-ring (bicyclic) bond motifs is 3. The molecule has 1 heterocycles. The van der Waals surface area contributed by atoms with E-state index in [1.165, 1.54) is 0 Å². The molecule has 4 aromatic rings. The summed E-state index contributed by atoms with van der Waals surface area (Å²) < 4.78 is 1.65. The summed E-state index contributed by atoms with van der Waals surface area (Å²) in [6.07, 6.45) is 0. The fourth-order valence-electron chi connectivity index (χ4n) is 6.49. The molecule has 0 saturated heterocycles.